The number of nitrogens with zero attached hydrogens (tertiary/aromatic N) is 1. The average Bonchev–Trinajstić information content (AvgIpc) is 2.74. The number of anilines is 1. The van der Waals surface area contributed by atoms with Crippen LogP contribution in [0.25, 0.3) is 0 Å². The van der Waals surface area contributed by atoms with Gasteiger partial charge in [-0.05, 0) is 36.6 Å². The summed E-state index contributed by atoms with van der Waals surface area (Å²) in [5, 5.41) is 22.8. The van der Waals surface area contributed by atoms with Crippen LogP contribution < -0.4 is 5.32 Å². The molecule has 2 aromatic carbocycles. The Morgan fingerprint density at radius 1 is 1.17 bits per heavy atom. The number of alkyl halides is 3. The second kappa shape index (κ2) is 8.86. The van der Waals surface area contributed by atoms with Gasteiger partial charge in [0.2, 0.25) is 0 Å². The Labute approximate surface area is 172 Å². The van der Waals surface area contributed by atoms with Crippen molar-refractivity contribution in [2.75, 3.05) is 18.5 Å². The molecule has 3 rings (SSSR count). The summed E-state index contributed by atoms with van der Waals surface area (Å²) in [6, 6.07) is 13.4. The first-order chi connectivity index (χ1) is 14.2. The molecule has 30 heavy (non-hydrogen) atoms. The van der Waals surface area contributed by atoms with Gasteiger partial charge in [-0.2, -0.15) is 18.4 Å². The highest BCUT2D eigenvalue weighted by Gasteiger charge is 2.44. The molecule has 1 saturated heterocycles. The molecule has 2 N–H and O–H groups in total. The van der Waals surface area contributed by atoms with E-state index in [4.69, 9.17) is 10.00 Å². The number of nitrogens with one attached hydrogen (secondary N) is 1. The van der Waals surface area contributed by atoms with Gasteiger partial charge in [0.05, 0.1) is 17.2 Å². The fraction of sp³-hybridized carbons (Fsp3) is 0.364. The number of carbonyl (C=O) groups excluding carboxylic acids is 1. The number of halogens is 3. The molecule has 0 radical (unpaired) electrons. The van der Waals surface area contributed by atoms with E-state index in [9.17, 15) is 23.1 Å². The van der Waals surface area contributed by atoms with E-state index in [1.54, 1.807) is 24.3 Å². The van der Waals surface area contributed by atoms with Gasteiger partial charge in [0.1, 0.15) is 5.60 Å². The Bertz CT molecular complexity index is 935. The molecule has 8 heteroatoms. The van der Waals surface area contributed by atoms with E-state index in [1.807, 2.05) is 6.07 Å². The molecule has 1 aliphatic rings. The van der Waals surface area contributed by atoms with Gasteiger partial charge >= 0.3 is 6.18 Å². The van der Waals surface area contributed by atoms with E-state index in [0.29, 0.717) is 32.1 Å². The number of amides is 1. The van der Waals surface area contributed by atoms with Crippen LogP contribution in [0.15, 0.2) is 48.5 Å². The van der Waals surface area contributed by atoms with E-state index in [2.05, 4.69) is 5.32 Å². The second-order valence-electron chi connectivity index (χ2n) is 7.30. The molecule has 1 atom stereocenters. The van der Waals surface area contributed by atoms with Crippen molar-refractivity contribution in [3.05, 3.63) is 65.2 Å². The molecular formula is C22H21F3N2O3. The third-order valence-electron chi connectivity index (χ3n) is 5.31. The van der Waals surface area contributed by atoms with Crippen molar-refractivity contribution in [2.24, 2.45) is 5.92 Å². The van der Waals surface area contributed by atoms with Gasteiger partial charge in [-0.25, -0.2) is 0 Å². The Hall–Kier alpha value is -2.89. The smallest absolute Gasteiger partial charge is 0.381 e. The molecule has 1 amide bonds. The number of benzene rings is 2. The maximum absolute atomic E-state index is 13.2. The van der Waals surface area contributed by atoms with Crippen molar-refractivity contribution in [1.29, 1.82) is 5.26 Å². The monoisotopic (exact) mass is 418 g/mol. The molecule has 0 spiro atoms. The number of rotatable bonds is 5. The molecule has 0 saturated carbocycles. The van der Waals surface area contributed by atoms with Gasteiger partial charge in [0, 0.05) is 31.2 Å². The molecule has 1 fully saturated rings. The Kier molecular flexibility index (Phi) is 6.44. The van der Waals surface area contributed by atoms with Crippen LogP contribution in [0.4, 0.5) is 18.9 Å². The molecule has 1 aliphatic heterocycles. The molecule has 1 heterocycles. The second-order valence-corrected chi connectivity index (χ2v) is 7.30. The number of aliphatic hydroxyl groups is 1. The van der Waals surface area contributed by atoms with Crippen molar-refractivity contribution in [3.63, 3.8) is 0 Å². The lowest BCUT2D eigenvalue weighted by Crippen LogP contribution is -2.52. The van der Waals surface area contributed by atoms with Crippen molar-refractivity contribution in [2.45, 2.75) is 31.0 Å². The van der Waals surface area contributed by atoms with Crippen LogP contribution in [0.3, 0.4) is 0 Å². The van der Waals surface area contributed by atoms with Crippen LogP contribution >= 0.6 is 0 Å². The average molecular weight is 418 g/mol. The zero-order valence-electron chi connectivity index (χ0n) is 16.1. The van der Waals surface area contributed by atoms with Crippen LogP contribution in [0, 0.1) is 17.2 Å². The number of hydrogen-bond acceptors (Lipinski definition) is 4. The highest BCUT2D eigenvalue weighted by molar-refractivity contribution is 5.97. The Morgan fingerprint density at radius 3 is 2.43 bits per heavy atom. The predicted molar refractivity (Wildman–Crippen MR) is 103 cm³/mol. The summed E-state index contributed by atoms with van der Waals surface area (Å²) in [4.78, 5) is 13.1. The lowest BCUT2D eigenvalue weighted by atomic mass is 9.77. The van der Waals surface area contributed by atoms with Crippen LogP contribution in [0.1, 0.15) is 29.5 Å². The third kappa shape index (κ3) is 4.81. The van der Waals surface area contributed by atoms with E-state index in [-0.39, 0.29) is 12.1 Å². The fourth-order valence-corrected chi connectivity index (χ4v) is 3.69. The minimum Gasteiger partial charge on any atom is -0.381 e. The number of hydrogen-bond donors (Lipinski definition) is 2. The summed E-state index contributed by atoms with van der Waals surface area (Å²) in [5.41, 5.74) is -2.90. The van der Waals surface area contributed by atoms with E-state index < -0.39 is 34.7 Å². The van der Waals surface area contributed by atoms with E-state index >= 15 is 0 Å². The fourth-order valence-electron chi connectivity index (χ4n) is 3.69. The summed E-state index contributed by atoms with van der Waals surface area (Å²) in [5.74, 6) is -1.19. The maximum Gasteiger partial charge on any atom is 0.417 e. The SMILES string of the molecule is N#Cc1ccc(NC(=O)C(O)(Cc2ccccc2)C2CCOCC2)cc1C(F)(F)F. The van der Waals surface area contributed by atoms with Crippen molar-refractivity contribution in [3.8, 4) is 6.07 Å². The van der Waals surface area contributed by atoms with Crippen molar-refractivity contribution < 1.29 is 27.8 Å². The predicted octanol–water partition coefficient (Wildman–Crippen LogP) is 3.92. The first-order valence-electron chi connectivity index (χ1n) is 9.51. The number of carbonyl (C=O) groups is 1. The minimum atomic E-state index is -4.74. The lowest BCUT2D eigenvalue weighted by Gasteiger charge is -2.37. The molecule has 0 bridgehead atoms. The maximum atomic E-state index is 13.2. The standard InChI is InChI=1S/C22H21F3N2O3/c23-22(24,25)19-12-18(7-6-16(19)14-26)27-20(28)21(29,17-8-10-30-11-9-17)13-15-4-2-1-3-5-15/h1-7,12,17,29H,8-11,13H2,(H,27,28). The van der Waals surface area contributed by atoms with Crippen LogP contribution in [-0.2, 0) is 22.1 Å². The lowest BCUT2D eigenvalue weighted by molar-refractivity contribution is -0.144. The first-order valence-corrected chi connectivity index (χ1v) is 9.51. The summed E-state index contributed by atoms with van der Waals surface area (Å²) in [6.07, 6.45) is -3.81. The van der Waals surface area contributed by atoms with Gasteiger partial charge < -0.3 is 15.2 Å². The van der Waals surface area contributed by atoms with Gasteiger partial charge in [-0.3, -0.25) is 4.79 Å². The summed E-state index contributed by atoms with van der Waals surface area (Å²) < 4.78 is 45.0. The quantitative estimate of drug-likeness (QED) is 0.771. The summed E-state index contributed by atoms with van der Waals surface area (Å²) >= 11 is 0. The first kappa shape index (κ1) is 21.8. The number of ether oxygens (including phenoxy) is 1. The minimum absolute atomic E-state index is 0.0206. The Morgan fingerprint density at radius 2 is 1.83 bits per heavy atom. The van der Waals surface area contributed by atoms with Gasteiger partial charge in [-0.15, -0.1) is 0 Å². The van der Waals surface area contributed by atoms with Gasteiger partial charge in [0.15, 0.2) is 0 Å². The van der Waals surface area contributed by atoms with Crippen molar-refractivity contribution >= 4 is 11.6 Å². The highest BCUT2D eigenvalue weighted by atomic mass is 19.4. The normalized spacial score (nSPS) is 17.0. The van der Waals surface area contributed by atoms with Gasteiger partial charge in [-0.1, -0.05) is 30.3 Å². The highest BCUT2D eigenvalue weighted by Crippen LogP contribution is 2.35. The Balaban J connectivity index is 1.91. The molecule has 0 aliphatic carbocycles. The summed E-state index contributed by atoms with van der Waals surface area (Å²) in [6.45, 7) is 0.786. The van der Waals surface area contributed by atoms with E-state index in [1.165, 1.54) is 12.1 Å². The third-order valence-corrected chi connectivity index (χ3v) is 5.31. The van der Waals surface area contributed by atoms with Crippen LogP contribution in [-0.4, -0.2) is 29.8 Å². The largest absolute Gasteiger partial charge is 0.417 e. The van der Waals surface area contributed by atoms with E-state index in [0.717, 1.165) is 11.6 Å². The molecular weight excluding hydrogens is 397 g/mol. The molecule has 1 unspecified atom stereocenters. The molecule has 158 valence electrons. The van der Waals surface area contributed by atoms with Crippen LogP contribution in [0.5, 0.6) is 0 Å². The topological polar surface area (TPSA) is 82.4 Å². The van der Waals surface area contributed by atoms with Gasteiger partial charge in [0.25, 0.3) is 5.91 Å². The number of nitriles is 1. The zero-order chi connectivity index (χ0) is 21.8. The molecule has 0 aromatic heterocycles. The zero-order valence-corrected chi connectivity index (χ0v) is 16.1. The summed E-state index contributed by atoms with van der Waals surface area (Å²) in [7, 11) is 0. The van der Waals surface area contributed by atoms with Crippen molar-refractivity contribution in [1.82, 2.24) is 0 Å². The molecule has 2 aromatic rings. The van der Waals surface area contributed by atoms with Crippen LogP contribution in [0.2, 0.25) is 0 Å². The molecule has 5 nitrogen and oxygen atoms in total.